The lowest BCUT2D eigenvalue weighted by Crippen LogP contribution is -2.45. The molecular weight excluding hydrogens is 744 g/mol. The van der Waals surface area contributed by atoms with Crippen LogP contribution in [0, 0.1) is 0 Å². The number of phosphoric ester groups is 1. The van der Waals surface area contributed by atoms with E-state index in [0.29, 0.717) is 17.4 Å². The molecule has 332 valence electrons. The van der Waals surface area contributed by atoms with Gasteiger partial charge in [-0.3, -0.25) is 9.36 Å². The van der Waals surface area contributed by atoms with Gasteiger partial charge in [-0.1, -0.05) is 175 Å². The summed E-state index contributed by atoms with van der Waals surface area (Å²) in [6, 6.07) is -0.889. The molecule has 58 heavy (non-hydrogen) atoms. The number of nitrogens with zero attached hydrogens (tertiary/aromatic N) is 1. The average Bonchev–Trinajstić information content (AvgIpc) is 3.17. The van der Waals surface area contributed by atoms with Gasteiger partial charge in [0.2, 0.25) is 5.91 Å². The number of rotatable bonds is 39. The second kappa shape index (κ2) is 39.9. The topological polar surface area (TPSA) is 108 Å². The number of hydrogen-bond acceptors (Lipinski definition) is 6. The fourth-order valence-electron chi connectivity index (χ4n) is 5.73. The Hall–Kier alpha value is -2.58. The van der Waals surface area contributed by atoms with Crippen LogP contribution in [-0.2, 0) is 18.4 Å². The van der Waals surface area contributed by atoms with Crippen LogP contribution in [0.25, 0.3) is 0 Å². The standard InChI is InChI=1S/C49H85N2O6P/c1-6-8-10-11-12-13-14-15-16-17-18-19-20-21-22-23-24-25-26-27-28-29-30-31-32-33-34-35-36-37-38-39-41-43-49(53)50-47(48(52)42-40-9-7-2)46-57-58(54,55)56-45-44-51(3,4)5/h8,10,12-13,15-16,18-19,21-22,24-25,27-28,40,42,47-48,52H,6-7,9,11,14,17,20,23,26,29-39,41,43-46H2,1-5H3,(H-,50,53,54,55)/b10-8-,13-12-,16-15-,19-18-,22-21-,25-24-,28-27-,42-40+. The molecule has 0 rings (SSSR count). The summed E-state index contributed by atoms with van der Waals surface area (Å²) in [5.41, 5.74) is 0. The highest BCUT2D eigenvalue weighted by Crippen LogP contribution is 2.38. The molecule has 9 heteroatoms. The predicted octanol–water partition coefficient (Wildman–Crippen LogP) is 12.1. The first-order chi connectivity index (χ1) is 28.0. The maximum absolute atomic E-state index is 12.7. The van der Waals surface area contributed by atoms with Crippen LogP contribution in [0.5, 0.6) is 0 Å². The Balaban J connectivity index is 3.88. The van der Waals surface area contributed by atoms with Crippen molar-refractivity contribution >= 4 is 13.7 Å². The van der Waals surface area contributed by atoms with Gasteiger partial charge < -0.3 is 28.8 Å². The van der Waals surface area contributed by atoms with Gasteiger partial charge in [0.25, 0.3) is 7.82 Å². The third-order valence-corrected chi connectivity index (χ3v) is 10.2. The van der Waals surface area contributed by atoms with Crippen molar-refractivity contribution in [1.82, 2.24) is 5.32 Å². The van der Waals surface area contributed by atoms with Gasteiger partial charge in [0.15, 0.2) is 0 Å². The number of amides is 1. The van der Waals surface area contributed by atoms with E-state index in [1.807, 2.05) is 34.1 Å². The normalized spacial score (nSPS) is 15.2. The van der Waals surface area contributed by atoms with Crippen molar-refractivity contribution in [3.05, 3.63) is 97.2 Å². The molecule has 1 amide bonds. The molecule has 0 aliphatic rings. The van der Waals surface area contributed by atoms with Gasteiger partial charge in [-0.2, -0.15) is 0 Å². The van der Waals surface area contributed by atoms with Crippen molar-refractivity contribution < 1.29 is 32.9 Å². The quantitative estimate of drug-likeness (QED) is 0.0276. The van der Waals surface area contributed by atoms with E-state index < -0.39 is 26.6 Å². The van der Waals surface area contributed by atoms with Crippen LogP contribution in [0.4, 0.5) is 0 Å². The van der Waals surface area contributed by atoms with Crippen LogP contribution in [-0.4, -0.2) is 68.5 Å². The van der Waals surface area contributed by atoms with Crippen LogP contribution < -0.4 is 10.2 Å². The smallest absolute Gasteiger partial charge is 0.268 e. The van der Waals surface area contributed by atoms with E-state index in [-0.39, 0.29) is 12.5 Å². The summed E-state index contributed by atoms with van der Waals surface area (Å²) in [7, 11) is 1.23. The number of likely N-dealkylation sites (N-methyl/N-ethyl adjacent to an activating group) is 1. The second-order valence-corrected chi connectivity index (χ2v) is 17.4. The lowest BCUT2D eigenvalue weighted by atomic mass is 10.0. The molecular formula is C49H85N2O6P. The summed E-state index contributed by atoms with van der Waals surface area (Å²) >= 11 is 0. The lowest BCUT2D eigenvalue weighted by molar-refractivity contribution is -0.870. The first-order valence-corrected chi connectivity index (χ1v) is 24.1. The molecule has 0 aromatic carbocycles. The summed E-state index contributed by atoms with van der Waals surface area (Å²) in [5, 5.41) is 13.4. The van der Waals surface area contributed by atoms with E-state index in [2.05, 4.69) is 97.3 Å². The minimum atomic E-state index is -4.57. The average molecular weight is 829 g/mol. The van der Waals surface area contributed by atoms with Crippen LogP contribution in [0.2, 0.25) is 0 Å². The molecule has 3 unspecified atom stereocenters. The number of allylic oxidation sites excluding steroid dienone is 15. The van der Waals surface area contributed by atoms with Gasteiger partial charge in [0, 0.05) is 6.42 Å². The van der Waals surface area contributed by atoms with Gasteiger partial charge in [-0.05, 0) is 70.6 Å². The summed E-state index contributed by atoms with van der Waals surface area (Å²) in [5.74, 6) is -0.219. The highest BCUT2D eigenvalue weighted by molar-refractivity contribution is 7.45. The molecule has 2 N–H and O–H groups in total. The van der Waals surface area contributed by atoms with Crippen molar-refractivity contribution in [2.24, 2.45) is 0 Å². The largest absolute Gasteiger partial charge is 0.756 e. The van der Waals surface area contributed by atoms with Crippen molar-refractivity contribution in [2.75, 3.05) is 40.9 Å². The molecule has 0 saturated carbocycles. The first-order valence-electron chi connectivity index (χ1n) is 22.6. The zero-order valence-corrected chi connectivity index (χ0v) is 38.3. The number of hydrogen-bond donors (Lipinski definition) is 2. The number of nitrogens with one attached hydrogen (secondary N) is 1. The fraction of sp³-hybridized carbons (Fsp3) is 0.653. The maximum atomic E-state index is 12.7. The van der Waals surface area contributed by atoms with Gasteiger partial charge in [0.05, 0.1) is 39.9 Å². The van der Waals surface area contributed by atoms with Crippen LogP contribution >= 0.6 is 7.82 Å². The predicted molar refractivity (Wildman–Crippen MR) is 246 cm³/mol. The number of carbonyl (C=O) groups is 1. The van der Waals surface area contributed by atoms with Crippen LogP contribution in [0.3, 0.4) is 0 Å². The molecule has 0 aliphatic carbocycles. The highest BCUT2D eigenvalue weighted by Gasteiger charge is 2.23. The highest BCUT2D eigenvalue weighted by atomic mass is 31.2. The summed E-state index contributed by atoms with van der Waals surface area (Å²) in [4.78, 5) is 24.9. The van der Waals surface area contributed by atoms with Crippen LogP contribution in [0.1, 0.15) is 155 Å². The fourth-order valence-corrected chi connectivity index (χ4v) is 6.45. The monoisotopic (exact) mass is 829 g/mol. The van der Waals surface area contributed by atoms with Crippen molar-refractivity contribution in [1.29, 1.82) is 0 Å². The molecule has 0 heterocycles. The number of unbranched alkanes of at least 4 members (excludes halogenated alkanes) is 12. The minimum absolute atomic E-state index is 0.00793. The molecule has 0 radical (unpaired) electrons. The molecule has 0 saturated heterocycles. The Morgan fingerprint density at radius 3 is 1.50 bits per heavy atom. The zero-order valence-electron chi connectivity index (χ0n) is 37.5. The summed E-state index contributed by atoms with van der Waals surface area (Å²) in [6.07, 6.45) is 57.0. The third-order valence-electron chi connectivity index (χ3n) is 9.28. The van der Waals surface area contributed by atoms with Gasteiger partial charge >= 0.3 is 0 Å². The van der Waals surface area contributed by atoms with E-state index in [4.69, 9.17) is 9.05 Å². The molecule has 0 spiro atoms. The Morgan fingerprint density at radius 1 is 0.621 bits per heavy atom. The number of aliphatic hydroxyl groups excluding tert-OH is 1. The molecule has 0 aromatic heterocycles. The van der Waals surface area contributed by atoms with E-state index in [9.17, 15) is 19.4 Å². The second-order valence-electron chi connectivity index (χ2n) is 16.0. The van der Waals surface area contributed by atoms with Gasteiger partial charge in [-0.25, -0.2) is 0 Å². The Kier molecular flexibility index (Phi) is 38.1. The Labute approximate surface area is 356 Å². The number of aliphatic hydroxyl groups is 1. The Morgan fingerprint density at radius 2 is 1.05 bits per heavy atom. The first kappa shape index (κ1) is 55.4. The maximum Gasteiger partial charge on any atom is 0.268 e. The lowest BCUT2D eigenvalue weighted by Gasteiger charge is -2.29. The minimum Gasteiger partial charge on any atom is -0.756 e. The molecule has 0 aromatic rings. The number of quaternary nitrogens is 1. The number of phosphoric acid groups is 1. The van der Waals surface area contributed by atoms with Crippen LogP contribution in [0.15, 0.2) is 97.2 Å². The van der Waals surface area contributed by atoms with E-state index in [1.165, 1.54) is 57.8 Å². The number of carbonyl (C=O) groups excluding carboxylic acids is 1. The Bertz CT molecular complexity index is 1260. The van der Waals surface area contributed by atoms with E-state index >= 15 is 0 Å². The summed E-state index contributed by atoms with van der Waals surface area (Å²) in [6.45, 7) is 4.28. The SMILES string of the molecule is CC/C=C\C/C=C\C/C=C\C/C=C\C/C=C\C/C=C\C/C=C\CCCCCCCCCCCCCC(=O)NC(COP(=O)([O-])OCC[N+](C)(C)C)C(O)/C=C/CCC. The van der Waals surface area contributed by atoms with Crippen molar-refractivity contribution in [3.63, 3.8) is 0 Å². The molecule has 3 atom stereocenters. The molecule has 8 nitrogen and oxygen atoms in total. The molecule has 0 bridgehead atoms. The third kappa shape index (κ3) is 41.6. The molecule has 0 aliphatic heterocycles. The van der Waals surface area contributed by atoms with Crippen molar-refractivity contribution in [3.8, 4) is 0 Å². The summed E-state index contributed by atoms with van der Waals surface area (Å²) < 4.78 is 22.9. The van der Waals surface area contributed by atoms with E-state index in [1.54, 1.807) is 6.08 Å². The van der Waals surface area contributed by atoms with Crippen molar-refractivity contribution in [2.45, 2.75) is 167 Å². The van der Waals surface area contributed by atoms with Gasteiger partial charge in [-0.15, -0.1) is 0 Å². The zero-order chi connectivity index (χ0) is 42.8. The van der Waals surface area contributed by atoms with E-state index in [0.717, 1.165) is 77.0 Å². The van der Waals surface area contributed by atoms with Gasteiger partial charge in [0.1, 0.15) is 13.2 Å². The molecule has 0 fully saturated rings.